The van der Waals surface area contributed by atoms with Crippen molar-refractivity contribution >= 4 is 0 Å². The van der Waals surface area contributed by atoms with Gasteiger partial charge in [0.25, 0.3) is 0 Å². The van der Waals surface area contributed by atoms with Crippen molar-refractivity contribution in [2.24, 2.45) is 0 Å². The Morgan fingerprint density at radius 3 is 2.75 bits per heavy atom. The van der Waals surface area contributed by atoms with Crippen LogP contribution in [0, 0.1) is 6.92 Å². The number of aromatic amines is 1. The average molecular weight is 328 g/mol. The van der Waals surface area contributed by atoms with Gasteiger partial charge in [0, 0.05) is 25.2 Å². The van der Waals surface area contributed by atoms with Crippen LogP contribution in [0.15, 0.2) is 30.5 Å². The van der Waals surface area contributed by atoms with Crippen molar-refractivity contribution in [2.75, 3.05) is 39.4 Å². The molecule has 2 aromatic rings. The van der Waals surface area contributed by atoms with Crippen molar-refractivity contribution in [1.29, 1.82) is 0 Å². The van der Waals surface area contributed by atoms with Crippen molar-refractivity contribution in [3.8, 4) is 11.3 Å². The normalized spacial score (nSPS) is 15.7. The lowest BCUT2D eigenvalue weighted by Crippen LogP contribution is -2.37. The quantitative estimate of drug-likeness (QED) is 0.731. The Morgan fingerprint density at radius 2 is 1.96 bits per heavy atom. The summed E-state index contributed by atoms with van der Waals surface area (Å²) in [5.74, 6) is 0. The first-order valence-electron chi connectivity index (χ1n) is 8.93. The Balaban J connectivity index is 1.38. The van der Waals surface area contributed by atoms with E-state index < -0.39 is 0 Å². The van der Waals surface area contributed by atoms with Gasteiger partial charge >= 0.3 is 0 Å². The van der Waals surface area contributed by atoms with Crippen molar-refractivity contribution in [2.45, 2.75) is 26.3 Å². The fourth-order valence-electron chi connectivity index (χ4n) is 3.05. The number of aromatic nitrogens is 2. The van der Waals surface area contributed by atoms with Gasteiger partial charge in [0.05, 0.1) is 25.1 Å². The summed E-state index contributed by atoms with van der Waals surface area (Å²) in [4.78, 5) is 2.50. The molecule has 5 nitrogen and oxygen atoms in total. The minimum absolute atomic E-state index is 0.858. The summed E-state index contributed by atoms with van der Waals surface area (Å²) in [6, 6.07) is 8.57. The van der Waals surface area contributed by atoms with Crippen LogP contribution < -0.4 is 5.32 Å². The molecule has 0 spiro atoms. The van der Waals surface area contributed by atoms with Gasteiger partial charge in [-0.2, -0.15) is 5.10 Å². The van der Waals surface area contributed by atoms with Crippen LogP contribution in [0.4, 0.5) is 0 Å². The first kappa shape index (κ1) is 17.1. The molecule has 1 aliphatic heterocycles. The van der Waals surface area contributed by atoms with Crippen LogP contribution in [0.2, 0.25) is 0 Å². The minimum Gasteiger partial charge on any atom is -0.379 e. The molecule has 2 heterocycles. The van der Waals surface area contributed by atoms with Crippen LogP contribution in [-0.4, -0.2) is 54.5 Å². The molecule has 3 rings (SSSR count). The fraction of sp³-hybridized carbons (Fsp3) is 0.526. The van der Waals surface area contributed by atoms with E-state index in [1.807, 2.05) is 6.20 Å². The molecule has 1 fully saturated rings. The Morgan fingerprint density at radius 1 is 1.17 bits per heavy atom. The van der Waals surface area contributed by atoms with E-state index in [2.05, 4.69) is 51.6 Å². The van der Waals surface area contributed by atoms with E-state index in [0.717, 1.165) is 45.1 Å². The molecule has 1 aromatic heterocycles. The maximum absolute atomic E-state index is 5.38. The smallest absolute Gasteiger partial charge is 0.0695 e. The lowest BCUT2D eigenvalue weighted by atomic mass is 10.1. The van der Waals surface area contributed by atoms with Crippen LogP contribution in [0.25, 0.3) is 11.3 Å². The van der Waals surface area contributed by atoms with Gasteiger partial charge in [-0.05, 0) is 38.4 Å². The summed E-state index contributed by atoms with van der Waals surface area (Å²) in [5.41, 5.74) is 4.82. The van der Waals surface area contributed by atoms with E-state index in [1.165, 1.54) is 36.1 Å². The van der Waals surface area contributed by atoms with Gasteiger partial charge < -0.3 is 10.1 Å². The molecule has 0 unspecified atom stereocenters. The molecule has 0 amide bonds. The number of hydrogen-bond donors (Lipinski definition) is 2. The van der Waals surface area contributed by atoms with E-state index in [0.29, 0.717) is 0 Å². The predicted octanol–water partition coefficient (Wildman–Crippen LogP) is 2.59. The number of morpholine rings is 1. The second kappa shape index (κ2) is 8.97. The van der Waals surface area contributed by atoms with Crippen LogP contribution in [-0.2, 0) is 11.3 Å². The molecule has 1 saturated heterocycles. The molecule has 5 heteroatoms. The first-order chi connectivity index (χ1) is 11.8. The maximum atomic E-state index is 5.38. The van der Waals surface area contributed by atoms with Gasteiger partial charge in [-0.25, -0.2) is 0 Å². The molecule has 1 aromatic carbocycles. The van der Waals surface area contributed by atoms with E-state index in [4.69, 9.17) is 4.74 Å². The van der Waals surface area contributed by atoms with E-state index in [9.17, 15) is 0 Å². The predicted molar refractivity (Wildman–Crippen MR) is 97.0 cm³/mol. The second-order valence-corrected chi connectivity index (χ2v) is 6.47. The summed E-state index contributed by atoms with van der Waals surface area (Å²) >= 11 is 0. The molecule has 0 saturated carbocycles. The fourth-order valence-corrected chi connectivity index (χ4v) is 3.05. The van der Waals surface area contributed by atoms with E-state index in [1.54, 1.807) is 0 Å². The van der Waals surface area contributed by atoms with Crippen LogP contribution in [0.1, 0.15) is 24.0 Å². The number of H-pyrrole nitrogens is 1. The van der Waals surface area contributed by atoms with Crippen LogP contribution in [0.3, 0.4) is 0 Å². The highest BCUT2D eigenvalue weighted by Gasteiger charge is 2.09. The Labute approximate surface area is 144 Å². The zero-order valence-corrected chi connectivity index (χ0v) is 14.6. The SMILES string of the molecule is Cc1ccc(-c2[nH]ncc2CNCCCCN2CCOCC2)cc1. The van der Waals surface area contributed by atoms with Gasteiger partial charge in [0.1, 0.15) is 0 Å². The largest absolute Gasteiger partial charge is 0.379 e. The highest BCUT2D eigenvalue weighted by Crippen LogP contribution is 2.21. The van der Waals surface area contributed by atoms with Gasteiger partial charge in [0.2, 0.25) is 0 Å². The summed E-state index contributed by atoms with van der Waals surface area (Å²) in [6.07, 6.45) is 4.37. The number of rotatable bonds is 8. The zero-order chi connectivity index (χ0) is 16.6. The molecule has 0 atom stereocenters. The Kier molecular flexibility index (Phi) is 6.41. The second-order valence-electron chi connectivity index (χ2n) is 6.47. The summed E-state index contributed by atoms with van der Waals surface area (Å²) < 4.78 is 5.38. The minimum atomic E-state index is 0.858. The molecular weight excluding hydrogens is 300 g/mol. The topological polar surface area (TPSA) is 53.2 Å². The summed E-state index contributed by atoms with van der Waals surface area (Å²) in [6.45, 7) is 9.15. The Hall–Kier alpha value is -1.69. The standard InChI is InChI=1S/C19H28N4O/c1-16-4-6-17(7-5-16)19-18(15-21-22-19)14-20-8-2-3-9-23-10-12-24-13-11-23/h4-7,15,20H,2-3,8-14H2,1H3,(H,21,22). The van der Waals surface area contributed by atoms with E-state index >= 15 is 0 Å². The first-order valence-corrected chi connectivity index (χ1v) is 8.93. The molecule has 0 radical (unpaired) electrons. The number of unbranched alkanes of at least 4 members (excludes halogenated alkanes) is 1. The van der Waals surface area contributed by atoms with Gasteiger partial charge in [-0.3, -0.25) is 10.00 Å². The highest BCUT2D eigenvalue weighted by molar-refractivity contribution is 5.62. The Bertz CT molecular complexity index is 602. The summed E-state index contributed by atoms with van der Waals surface area (Å²) in [5, 5.41) is 10.9. The molecule has 0 aliphatic carbocycles. The van der Waals surface area contributed by atoms with Crippen LogP contribution in [0.5, 0.6) is 0 Å². The third-order valence-electron chi connectivity index (χ3n) is 4.56. The van der Waals surface area contributed by atoms with E-state index in [-0.39, 0.29) is 0 Å². The number of benzene rings is 1. The van der Waals surface area contributed by atoms with Gasteiger partial charge in [0.15, 0.2) is 0 Å². The van der Waals surface area contributed by atoms with Crippen molar-refractivity contribution in [1.82, 2.24) is 20.4 Å². The number of ether oxygens (including phenoxy) is 1. The van der Waals surface area contributed by atoms with Crippen molar-refractivity contribution in [3.63, 3.8) is 0 Å². The highest BCUT2D eigenvalue weighted by atomic mass is 16.5. The summed E-state index contributed by atoms with van der Waals surface area (Å²) in [7, 11) is 0. The van der Waals surface area contributed by atoms with Gasteiger partial charge in [-0.1, -0.05) is 29.8 Å². The molecule has 0 bridgehead atoms. The molecule has 2 N–H and O–H groups in total. The molecule has 1 aliphatic rings. The molecule has 24 heavy (non-hydrogen) atoms. The maximum Gasteiger partial charge on any atom is 0.0695 e. The third-order valence-corrected chi connectivity index (χ3v) is 4.56. The van der Waals surface area contributed by atoms with Gasteiger partial charge in [-0.15, -0.1) is 0 Å². The monoisotopic (exact) mass is 328 g/mol. The number of hydrogen-bond acceptors (Lipinski definition) is 4. The van der Waals surface area contributed by atoms with Crippen LogP contribution >= 0.6 is 0 Å². The number of nitrogens with one attached hydrogen (secondary N) is 2. The molecular formula is C19H28N4O. The lowest BCUT2D eigenvalue weighted by Gasteiger charge is -2.26. The third kappa shape index (κ3) is 4.90. The lowest BCUT2D eigenvalue weighted by molar-refractivity contribution is 0.0372. The molecule has 130 valence electrons. The van der Waals surface area contributed by atoms with Crippen molar-refractivity contribution in [3.05, 3.63) is 41.6 Å². The number of nitrogens with zero attached hydrogens (tertiary/aromatic N) is 2. The number of aryl methyl sites for hydroxylation is 1. The zero-order valence-electron chi connectivity index (χ0n) is 14.6. The average Bonchev–Trinajstić information content (AvgIpc) is 3.08. The van der Waals surface area contributed by atoms with Crippen molar-refractivity contribution < 1.29 is 4.74 Å².